The van der Waals surface area contributed by atoms with E-state index in [-0.39, 0.29) is 35.4 Å². The molecular weight excluding hydrogens is 380 g/mol. The Balaban J connectivity index is 1.94. The molecule has 148 valence electrons. The summed E-state index contributed by atoms with van der Waals surface area (Å²) in [5.74, 6) is -1.19. The first-order valence-corrected chi connectivity index (χ1v) is 8.43. The lowest BCUT2D eigenvalue weighted by Crippen LogP contribution is -2.25. The molecule has 10 heteroatoms. The Morgan fingerprint density at radius 3 is 2.59 bits per heavy atom. The lowest BCUT2D eigenvalue weighted by Gasteiger charge is -2.13. The maximum absolute atomic E-state index is 13.4. The maximum Gasteiger partial charge on any atom is 0.256 e. The number of hydrogen-bond acceptors (Lipinski definition) is 7. The summed E-state index contributed by atoms with van der Waals surface area (Å²) in [6.45, 7) is 3.79. The van der Waals surface area contributed by atoms with Crippen molar-refractivity contribution in [3.8, 4) is 0 Å². The van der Waals surface area contributed by atoms with Crippen LogP contribution in [0.1, 0.15) is 10.4 Å². The fourth-order valence-electron chi connectivity index (χ4n) is 2.36. The summed E-state index contributed by atoms with van der Waals surface area (Å²) in [5, 5.41) is 8.23. The molecular formula is C19H17F2N7O. The van der Waals surface area contributed by atoms with Gasteiger partial charge in [-0.1, -0.05) is 12.1 Å². The number of carbonyl (C=O) groups is 1. The van der Waals surface area contributed by atoms with Gasteiger partial charge in [0.05, 0.1) is 0 Å². The zero-order valence-corrected chi connectivity index (χ0v) is 15.1. The summed E-state index contributed by atoms with van der Waals surface area (Å²) in [6, 6.07) is 7.84. The fraction of sp³-hybridized carbons (Fsp3) is 0.0526. The van der Waals surface area contributed by atoms with Gasteiger partial charge in [-0.2, -0.15) is 4.98 Å². The molecule has 0 fully saturated rings. The molecule has 0 aliphatic carbocycles. The number of carbonyl (C=O) groups excluding carboxylic acids is 1. The van der Waals surface area contributed by atoms with Gasteiger partial charge in [-0.25, -0.2) is 18.7 Å². The molecule has 2 aromatic heterocycles. The van der Waals surface area contributed by atoms with Gasteiger partial charge in [-0.3, -0.25) is 4.79 Å². The van der Waals surface area contributed by atoms with Gasteiger partial charge in [-0.05, 0) is 24.3 Å². The first kappa shape index (κ1) is 19.7. The maximum atomic E-state index is 13.4. The van der Waals surface area contributed by atoms with E-state index >= 15 is 0 Å². The van der Waals surface area contributed by atoms with Crippen LogP contribution in [0.5, 0.6) is 0 Å². The predicted molar refractivity (Wildman–Crippen MR) is 106 cm³/mol. The molecule has 2 heterocycles. The number of nitrogens with zero attached hydrogens (tertiary/aromatic N) is 3. The van der Waals surface area contributed by atoms with Gasteiger partial charge in [-0.15, -0.1) is 6.58 Å². The van der Waals surface area contributed by atoms with Gasteiger partial charge < -0.3 is 21.7 Å². The molecule has 5 N–H and O–H groups in total. The molecule has 3 rings (SSSR count). The van der Waals surface area contributed by atoms with E-state index in [0.717, 1.165) is 18.2 Å². The SMILES string of the molecule is C=CCNC(=O)c1cnc(Nc2cc(F)cc(F)c2)nc1Nc1cccc(N)n1. The third kappa shape index (κ3) is 5.22. The second kappa shape index (κ2) is 8.74. The number of anilines is 5. The van der Waals surface area contributed by atoms with E-state index in [1.807, 2.05) is 0 Å². The van der Waals surface area contributed by atoms with Crippen molar-refractivity contribution in [1.82, 2.24) is 20.3 Å². The van der Waals surface area contributed by atoms with Crippen molar-refractivity contribution in [2.75, 3.05) is 22.9 Å². The van der Waals surface area contributed by atoms with Gasteiger partial charge in [0.1, 0.15) is 34.7 Å². The van der Waals surface area contributed by atoms with Crippen LogP contribution in [0, 0.1) is 11.6 Å². The summed E-state index contributed by atoms with van der Waals surface area (Å²) in [4.78, 5) is 24.8. The molecule has 0 aliphatic rings. The second-order valence-electron chi connectivity index (χ2n) is 5.81. The number of rotatable bonds is 7. The first-order chi connectivity index (χ1) is 13.9. The highest BCUT2D eigenvalue weighted by Gasteiger charge is 2.16. The normalized spacial score (nSPS) is 10.3. The minimum Gasteiger partial charge on any atom is -0.384 e. The largest absolute Gasteiger partial charge is 0.384 e. The van der Waals surface area contributed by atoms with Gasteiger partial charge in [0.25, 0.3) is 5.91 Å². The fourth-order valence-corrected chi connectivity index (χ4v) is 2.36. The number of benzene rings is 1. The molecule has 0 radical (unpaired) electrons. The Morgan fingerprint density at radius 1 is 1.14 bits per heavy atom. The van der Waals surface area contributed by atoms with Crippen LogP contribution < -0.4 is 21.7 Å². The highest BCUT2D eigenvalue weighted by molar-refractivity contribution is 5.99. The van der Waals surface area contributed by atoms with E-state index in [0.29, 0.717) is 5.82 Å². The van der Waals surface area contributed by atoms with Gasteiger partial charge >= 0.3 is 0 Å². The van der Waals surface area contributed by atoms with E-state index in [1.165, 1.54) is 12.3 Å². The topological polar surface area (TPSA) is 118 Å². The minimum atomic E-state index is -0.754. The summed E-state index contributed by atoms with van der Waals surface area (Å²) >= 11 is 0. The minimum absolute atomic E-state index is 0.0154. The third-order valence-electron chi connectivity index (χ3n) is 3.58. The molecule has 1 aromatic carbocycles. The second-order valence-corrected chi connectivity index (χ2v) is 5.81. The van der Waals surface area contributed by atoms with Crippen molar-refractivity contribution >= 4 is 35.0 Å². The van der Waals surface area contributed by atoms with E-state index in [2.05, 4.69) is 37.5 Å². The van der Waals surface area contributed by atoms with Crippen LogP contribution >= 0.6 is 0 Å². The molecule has 0 saturated heterocycles. The Hall–Kier alpha value is -4.08. The zero-order chi connectivity index (χ0) is 20.8. The van der Waals surface area contributed by atoms with Crippen LogP contribution in [0.15, 0.2) is 55.3 Å². The number of amides is 1. The van der Waals surface area contributed by atoms with Crippen molar-refractivity contribution < 1.29 is 13.6 Å². The van der Waals surface area contributed by atoms with Crippen molar-refractivity contribution in [2.24, 2.45) is 0 Å². The highest BCUT2D eigenvalue weighted by Crippen LogP contribution is 2.22. The number of aromatic nitrogens is 3. The summed E-state index contributed by atoms with van der Waals surface area (Å²) in [6.07, 6.45) is 2.80. The molecule has 0 unspecified atom stereocenters. The van der Waals surface area contributed by atoms with Crippen LogP contribution in [0.3, 0.4) is 0 Å². The smallest absolute Gasteiger partial charge is 0.256 e. The van der Waals surface area contributed by atoms with Gasteiger partial charge in [0.2, 0.25) is 5.95 Å². The van der Waals surface area contributed by atoms with E-state index < -0.39 is 17.5 Å². The van der Waals surface area contributed by atoms with Crippen molar-refractivity contribution in [2.45, 2.75) is 0 Å². The van der Waals surface area contributed by atoms with Crippen LogP contribution in [-0.4, -0.2) is 27.4 Å². The van der Waals surface area contributed by atoms with Crippen LogP contribution in [-0.2, 0) is 0 Å². The number of hydrogen-bond donors (Lipinski definition) is 4. The summed E-state index contributed by atoms with van der Waals surface area (Å²) in [5.41, 5.74) is 5.92. The number of nitrogens with two attached hydrogens (primary N) is 1. The van der Waals surface area contributed by atoms with Crippen LogP contribution in [0.4, 0.5) is 37.9 Å². The van der Waals surface area contributed by atoms with Gasteiger partial charge in [0.15, 0.2) is 0 Å². The molecule has 29 heavy (non-hydrogen) atoms. The van der Waals surface area contributed by atoms with Crippen molar-refractivity contribution in [3.05, 3.63) is 72.4 Å². The molecule has 0 atom stereocenters. The van der Waals surface area contributed by atoms with Gasteiger partial charge in [0, 0.05) is 24.5 Å². The Morgan fingerprint density at radius 2 is 1.90 bits per heavy atom. The lowest BCUT2D eigenvalue weighted by atomic mass is 10.2. The standard InChI is InChI=1S/C19H17F2N7O/c1-2-6-23-18(29)14-10-24-19(25-13-8-11(20)7-12(21)9-13)28-17(14)27-16-5-3-4-15(22)26-16/h2-5,7-10H,1,6H2,(H,23,29)(H4,22,24,25,26,27,28). The van der Waals surface area contributed by atoms with Crippen molar-refractivity contribution in [1.29, 1.82) is 0 Å². The highest BCUT2D eigenvalue weighted by atomic mass is 19.1. The molecule has 8 nitrogen and oxygen atoms in total. The number of pyridine rings is 1. The Labute approximate surface area is 164 Å². The first-order valence-electron chi connectivity index (χ1n) is 8.43. The molecule has 0 aliphatic heterocycles. The van der Waals surface area contributed by atoms with Crippen LogP contribution in [0.25, 0.3) is 0 Å². The number of halogens is 2. The lowest BCUT2D eigenvalue weighted by molar-refractivity contribution is 0.0958. The monoisotopic (exact) mass is 397 g/mol. The zero-order valence-electron chi connectivity index (χ0n) is 15.1. The average Bonchev–Trinajstić information content (AvgIpc) is 2.65. The quantitative estimate of drug-likeness (QED) is 0.452. The van der Waals surface area contributed by atoms with E-state index in [9.17, 15) is 13.6 Å². The summed E-state index contributed by atoms with van der Waals surface area (Å²) < 4.78 is 26.8. The number of nitrogens with one attached hydrogen (secondary N) is 3. The summed E-state index contributed by atoms with van der Waals surface area (Å²) in [7, 11) is 0. The Bertz CT molecular complexity index is 1040. The third-order valence-corrected chi connectivity index (χ3v) is 3.58. The molecule has 1 amide bonds. The average molecular weight is 397 g/mol. The molecule has 0 bridgehead atoms. The number of nitrogen functional groups attached to an aromatic ring is 1. The van der Waals surface area contributed by atoms with Crippen LogP contribution in [0.2, 0.25) is 0 Å². The van der Waals surface area contributed by atoms with E-state index in [1.54, 1.807) is 18.2 Å². The molecule has 0 saturated carbocycles. The Kier molecular flexibility index (Phi) is 5.93. The van der Waals surface area contributed by atoms with E-state index in [4.69, 9.17) is 5.73 Å². The van der Waals surface area contributed by atoms with Crippen molar-refractivity contribution in [3.63, 3.8) is 0 Å². The molecule has 3 aromatic rings. The predicted octanol–water partition coefficient (Wildman–Crippen LogP) is 3.13. The molecule has 0 spiro atoms.